The van der Waals surface area contributed by atoms with Crippen LogP contribution in [0.1, 0.15) is 88.9 Å². The van der Waals surface area contributed by atoms with Crippen LogP contribution in [0.5, 0.6) is 17.2 Å². The molecule has 6 nitrogen and oxygen atoms in total. The van der Waals surface area contributed by atoms with Gasteiger partial charge in [-0.05, 0) is 68.3 Å². The summed E-state index contributed by atoms with van der Waals surface area (Å²) < 4.78 is 16.5. The predicted molar refractivity (Wildman–Crippen MR) is 136 cm³/mol. The summed E-state index contributed by atoms with van der Waals surface area (Å²) in [6.07, 6.45) is 9.73. The number of carbonyl (C=O) groups excluding carboxylic acids is 2. The number of carbonyl (C=O) groups is 2. The molecule has 1 unspecified atom stereocenters. The molecule has 0 spiro atoms. The van der Waals surface area contributed by atoms with Crippen molar-refractivity contribution in [3.63, 3.8) is 0 Å². The number of rotatable bonds is 15. The normalized spacial score (nSPS) is 12.3. The maximum Gasteiger partial charge on any atom is 0.343 e. The lowest BCUT2D eigenvalue weighted by Gasteiger charge is -2.18. The molecule has 2 aromatic carbocycles. The van der Waals surface area contributed by atoms with Crippen molar-refractivity contribution >= 4 is 11.9 Å². The number of unbranched alkanes of at least 4 members (excludes halogenated alkanes) is 6. The first kappa shape index (κ1) is 27.9. The Hall–Kier alpha value is -3.33. The minimum Gasteiger partial charge on any atom is -0.494 e. The van der Waals surface area contributed by atoms with E-state index in [4.69, 9.17) is 14.2 Å². The summed E-state index contributed by atoms with van der Waals surface area (Å²) in [5.41, 5.74) is -0.780. The Kier molecular flexibility index (Phi) is 11.8. The quantitative estimate of drug-likeness (QED) is 0.152. The Labute approximate surface area is 209 Å². The fraction of sp³-hybridized carbons (Fsp3) is 0.483. The van der Waals surface area contributed by atoms with Crippen LogP contribution in [0.15, 0.2) is 48.5 Å². The van der Waals surface area contributed by atoms with Crippen LogP contribution in [0.3, 0.4) is 0 Å². The van der Waals surface area contributed by atoms with E-state index in [-0.39, 0.29) is 5.75 Å². The fourth-order valence-electron chi connectivity index (χ4n) is 3.60. The van der Waals surface area contributed by atoms with Gasteiger partial charge in [-0.2, -0.15) is 5.26 Å². The molecule has 188 valence electrons. The number of ether oxygens (including phenoxy) is 3. The number of nitrogens with zero attached hydrogens (tertiary/aromatic N) is 1. The van der Waals surface area contributed by atoms with E-state index in [0.717, 1.165) is 12.2 Å². The van der Waals surface area contributed by atoms with E-state index < -0.39 is 17.4 Å². The highest BCUT2D eigenvalue weighted by molar-refractivity contribution is 5.91. The van der Waals surface area contributed by atoms with Gasteiger partial charge in [-0.1, -0.05) is 58.8 Å². The van der Waals surface area contributed by atoms with Crippen molar-refractivity contribution in [3.8, 4) is 23.3 Å². The molecule has 0 aromatic heterocycles. The molecule has 35 heavy (non-hydrogen) atoms. The van der Waals surface area contributed by atoms with Gasteiger partial charge in [0, 0.05) is 0 Å². The third-order valence-corrected chi connectivity index (χ3v) is 5.80. The number of hydrogen-bond acceptors (Lipinski definition) is 6. The van der Waals surface area contributed by atoms with E-state index in [1.165, 1.54) is 50.7 Å². The lowest BCUT2D eigenvalue weighted by atomic mass is 9.87. The fourth-order valence-corrected chi connectivity index (χ4v) is 3.60. The topological polar surface area (TPSA) is 85.6 Å². The van der Waals surface area contributed by atoms with Crippen LogP contribution < -0.4 is 14.2 Å². The first-order chi connectivity index (χ1) is 16.9. The van der Waals surface area contributed by atoms with Crippen molar-refractivity contribution in [2.75, 3.05) is 6.61 Å². The third kappa shape index (κ3) is 9.44. The summed E-state index contributed by atoms with van der Waals surface area (Å²) in [5.74, 6) is 0.251. The molecule has 0 N–H and O–H groups in total. The second-order valence-electron chi connectivity index (χ2n) is 8.94. The smallest absolute Gasteiger partial charge is 0.343 e. The zero-order chi connectivity index (χ0) is 25.5. The summed E-state index contributed by atoms with van der Waals surface area (Å²) in [5, 5.41) is 9.31. The lowest BCUT2D eigenvalue weighted by Crippen LogP contribution is -2.30. The van der Waals surface area contributed by atoms with E-state index in [9.17, 15) is 14.9 Å². The molecule has 0 saturated heterocycles. The van der Waals surface area contributed by atoms with Crippen LogP contribution in [0.25, 0.3) is 0 Å². The summed E-state index contributed by atoms with van der Waals surface area (Å²) >= 11 is 0. The second-order valence-corrected chi connectivity index (χ2v) is 8.94. The first-order valence-electron chi connectivity index (χ1n) is 12.6. The SMILES string of the molecule is CCCCCCCCCOc1ccc(C(=O)Oc2ccc(OC(=O)C(C)(C#N)CCC)cc2)cc1. The highest BCUT2D eigenvalue weighted by Gasteiger charge is 2.34. The van der Waals surface area contributed by atoms with Gasteiger partial charge in [-0.15, -0.1) is 0 Å². The minimum atomic E-state index is -1.19. The third-order valence-electron chi connectivity index (χ3n) is 5.80. The van der Waals surface area contributed by atoms with Crippen molar-refractivity contribution in [3.05, 3.63) is 54.1 Å². The molecule has 6 heteroatoms. The Morgan fingerprint density at radius 2 is 1.31 bits per heavy atom. The van der Waals surface area contributed by atoms with Gasteiger partial charge in [-0.3, -0.25) is 0 Å². The Morgan fingerprint density at radius 1 is 0.771 bits per heavy atom. The Balaban J connectivity index is 1.79. The Morgan fingerprint density at radius 3 is 1.89 bits per heavy atom. The average Bonchev–Trinajstić information content (AvgIpc) is 2.87. The van der Waals surface area contributed by atoms with Gasteiger partial charge in [0.2, 0.25) is 0 Å². The van der Waals surface area contributed by atoms with E-state index in [1.807, 2.05) is 13.0 Å². The molecule has 0 aliphatic heterocycles. The number of esters is 2. The van der Waals surface area contributed by atoms with Gasteiger partial charge >= 0.3 is 11.9 Å². The highest BCUT2D eigenvalue weighted by Crippen LogP contribution is 2.27. The largest absolute Gasteiger partial charge is 0.494 e. The molecule has 1 atom stereocenters. The van der Waals surface area contributed by atoms with Crippen LogP contribution in [0.4, 0.5) is 0 Å². The van der Waals surface area contributed by atoms with Gasteiger partial charge in [0.05, 0.1) is 18.2 Å². The summed E-state index contributed by atoms with van der Waals surface area (Å²) in [7, 11) is 0. The van der Waals surface area contributed by atoms with Crippen molar-refractivity contribution in [2.45, 2.75) is 78.6 Å². The number of hydrogen-bond donors (Lipinski definition) is 0. The van der Waals surface area contributed by atoms with Gasteiger partial charge in [0.1, 0.15) is 17.2 Å². The Bertz CT molecular complexity index is 962. The monoisotopic (exact) mass is 479 g/mol. The molecular weight excluding hydrogens is 442 g/mol. The lowest BCUT2D eigenvalue weighted by molar-refractivity contribution is -0.142. The van der Waals surface area contributed by atoms with Crippen molar-refractivity contribution in [2.24, 2.45) is 5.41 Å². The molecule has 0 amide bonds. The van der Waals surface area contributed by atoms with Gasteiger partial charge in [0.15, 0.2) is 5.41 Å². The van der Waals surface area contributed by atoms with Crippen molar-refractivity contribution in [1.29, 1.82) is 5.26 Å². The van der Waals surface area contributed by atoms with E-state index in [1.54, 1.807) is 43.3 Å². The molecule has 0 aliphatic rings. The van der Waals surface area contributed by atoms with Crippen LogP contribution in [-0.2, 0) is 4.79 Å². The zero-order valence-corrected chi connectivity index (χ0v) is 21.2. The van der Waals surface area contributed by atoms with Gasteiger partial charge in [-0.25, -0.2) is 9.59 Å². The summed E-state index contributed by atoms with van der Waals surface area (Å²) in [6, 6.07) is 15.1. The van der Waals surface area contributed by atoms with Crippen LogP contribution >= 0.6 is 0 Å². The molecule has 2 rings (SSSR count). The minimum absolute atomic E-state index is 0.287. The van der Waals surface area contributed by atoms with Crippen LogP contribution in [-0.4, -0.2) is 18.5 Å². The molecule has 2 aromatic rings. The molecule has 0 saturated carbocycles. The summed E-state index contributed by atoms with van der Waals surface area (Å²) in [6.45, 7) is 6.37. The molecule has 0 radical (unpaired) electrons. The van der Waals surface area contributed by atoms with Crippen molar-refractivity contribution in [1.82, 2.24) is 0 Å². The first-order valence-corrected chi connectivity index (χ1v) is 12.6. The second kappa shape index (κ2) is 14.8. The standard InChI is InChI=1S/C29H37NO5/c1-4-6-7-8-9-10-11-21-33-24-14-12-23(13-15-24)27(31)34-25-16-18-26(19-17-25)35-28(32)29(3,22-30)20-5-2/h12-19H,4-11,20-21H2,1-3H3. The van der Waals surface area contributed by atoms with E-state index >= 15 is 0 Å². The maximum atomic E-state index is 12.5. The highest BCUT2D eigenvalue weighted by atomic mass is 16.5. The van der Waals surface area contributed by atoms with Gasteiger partial charge < -0.3 is 14.2 Å². The van der Waals surface area contributed by atoms with E-state index in [0.29, 0.717) is 30.8 Å². The molecule has 0 heterocycles. The molecule has 0 fully saturated rings. The number of nitriles is 1. The zero-order valence-electron chi connectivity index (χ0n) is 21.2. The molecular formula is C29H37NO5. The van der Waals surface area contributed by atoms with Crippen LogP contribution in [0, 0.1) is 16.7 Å². The predicted octanol–water partition coefficient (Wildman–Crippen LogP) is 7.27. The molecule has 0 bridgehead atoms. The average molecular weight is 480 g/mol. The van der Waals surface area contributed by atoms with E-state index in [2.05, 4.69) is 6.92 Å². The summed E-state index contributed by atoms with van der Waals surface area (Å²) in [4.78, 5) is 24.8. The van der Waals surface area contributed by atoms with Crippen molar-refractivity contribution < 1.29 is 23.8 Å². The van der Waals surface area contributed by atoms with Gasteiger partial charge in [0.25, 0.3) is 0 Å². The number of benzene rings is 2. The van der Waals surface area contributed by atoms with Crippen LogP contribution in [0.2, 0.25) is 0 Å². The maximum absolute atomic E-state index is 12.5. The molecule has 0 aliphatic carbocycles.